The Bertz CT molecular complexity index is 349. The zero-order valence-corrected chi connectivity index (χ0v) is 11.3. The van der Waals surface area contributed by atoms with Crippen molar-refractivity contribution in [2.45, 2.75) is 39.5 Å². The van der Waals surface area contributed by atoms with Gasteiger partial charge in [0.1, 0.15) is 5.82 Å². The lowest BCUT2D eigenvalue weighted by molar-refractivity contribution is 0.0953. The Morgan fingerprint density at radius 3 is 2.61 bits per heavy atom. The quantitative estimate of drug-likeness (QED) is 0.697. The van der Waals surface area contributed by atoms with Gasteiger partial charge < -0.3 is 10.6 Å². The molecule has 1 rings (SSSR count). The van der Waals surface area contributed by atoms with E-state index in [1.54, 1.807) is 12.3 Å². The fourth-order valence-electron chi connectivity index (χ4n) is 1.56. The van der Waals surface area contributed by atoms with E-state index in [0.29, 0.717) is 12.1 Å². The molecule has 4 nitrogen and oxygen atoms in total. The zero-order chi connectivity index (χ0) is 13.2. The molecule has 0 unspecified atom stereocenters. The average Bonchev–Trinajstić information content (AvgIpc) is 2.41. The van der Waals surface area contributed by atoms with Crippen molar-refractivity contribution >= 4 is 11.7 Å². The van der Waals surface area contributed by atoms with Crippen LogP contribution >= 0.6 is 0 Å². The average molecular weight is 249 g/mol. The number of carbonyl (C=O) groups is 1. The van der Waals surface area contributed by atoms with E-state index in [1.165, 1.54) is 12.8 Å². The van der Waals surface area contributed by atoms with E-state index < -0.39 is 0 Å². The summed E-state index contributed by atoms with van der Waals surface area (Å²) in [5.41, 5.74) is 0.613. The van der Waals surface area contributed by atoms with Gasteiger partial charge in [-0.3, -0.25) is 4.79 Å². The third-order valence-electron chi connectivity index (χ3n) is 2.65. The third-order valence-corrected chi connectivity index (χ3v) is 2.65. The van der Waals surface area contributed by atoms with Gasteiger partial charge in [0.2, 0.25) is 0 Å². The van der Waals surface area contributed by atoms with E-state index in [-0.39, 0.29) is 5.91 Å². The van der Waals surface area contributed by atoms with Gasteiger partial charge in [0.15, 0.2) is 0 Å². The maximum Gasteiger partial charge on any atom is 0.252 e. The number of rotatable bonds is 8. The second-order valence-corrected chi connectivity index (χ2v) is 4.32. The van der Waals surface area contributed by atoms with E-state index in [4.69, 9.17) is 0 Å². The molecule has 1 amide bonds. The van der Waals surface area contributed by atoms with E-state index in [1.807, 2.05) is 13.0 Å². The van der Waals surface area contributed by atoms with Gasteiger partial charge in [-0.05, 0) is 25.0 Å². The van der Waals surface area contributed by atoms with Crippen LogP contribution in [0, 0.1) is 0 Å². The van der Waals surface area contributed by atoms with Crippen LogP contribution in [0.15, 0.2) is 18.3 Å². The Kier molecular flexibility index (Phi) is 6.84. The topological polar surface area (TPSA) is 54.0 Å². The lowest BCUT2D eigenvalue weighted by atomic mass is 10.2. The van der Waals surface area contributed by atoms with Crippen molar-refractivity contribution < 1.29 is 4.79 Å². The highest BCUT2D eigenvalue weighted by Crippen LogP contribution is 2.05. The molecule has 1 aromatic rings. The molecule has 0 aromatic carbocycles. The molecule has 100 valence electrons. The Morgan fingerprint density at radius 1 is 1.17 bits per heavy atom. The molecule has 2 N–H and O–H groups in total. The van der Waals surface area contributed by atoms with Crippen LogP contribution in [0.1, 0.15) is 49.9 Å². The molecule has 4 heteroatoms. The molecule has 1 heterocycles. The van der Waals surface area contributed by atoms with Crippen molar-refractivity contribution in [1.29, 1.82) is 0 Å². The second-order valence-electron chi connectivity index (χ2n) is 4.32. The van der Waals surface area contributed by atoms with E-state index in [0.717, 1.165) is 25.2 Å². The summed E-state index contributed by atoms with van der Waals surface area (Å²) in [4.78, 5) is 15.9. The van der Waals surface area contributed by atoms with Crippen LogP contribution in [-0.4, -0.2) is 24.0 Å². The molecular formula is C14H23N3O. The first-order valence-electron chi connectivity index (χ1n) is 6.76. The molecule has 0 aliphatic rings. The van der Waals surface area contributed by atoms with E-state index in [2.05, 4.69) is 22.5 Å². The maximum atomic E-state index is 11.6. The number of carbonyl (C=O) groups excluding carboxylic acids is 1. The fourth-order valence-corrected chi connectivity index (χ4v) is 1.56. The van der Waals surface area contributed by atoms with Gasteiger partial charge in [-0.15, -0.1) is 0 Å². The van der Waals surface area contributed by atoms with Gasteiger partial charge in [-0.2, -0.15) is 0 Å². The number of aromatic nitrogens is 1. The highest BCUT2D eigenvalue weighted by Gasteiger charge is 2.04. The molecule has 18 heavy (non-hydrogen) atoms. The van der Waals surface area contributed by atoms with Crippen LogP contribution in [0.25, 0.3) is 0 Å². The summed E-state index contributed by atoms with van der Waals surface area (Å²) in [5.74, 6) is 0.778. The molecule has 1 aromatic heterocycles. The summed E-state index contributed by atoms with van der Waals surface area (Å²) in [6.07, 6.45) is 6.15. The summed E-state index contributed by atoms with van der Waals surface area (Å²) in [6, 6.07) is 3.66. The number of amides is 1. The predicted octanol–water partition coefficient (Wildman–Crippen LogP) is 2.82. The molecule has 0 saturated heterocycles. The van der Waals surface area contributed by atoms with Crippen LogP contribution in [0.4, 0.5) is 5.82 Å². The molecule has 0 radical (unpaired) electrons. The predicted molar refractivity (Wildman–Crippen MR) is 74.9 cm³/mol. The first-order chi connectivity index (χ1) is 8.77. The Balaban J connectivity index is 2.39. The van der Waals surface area contributed by atoms with Crippen LogP contribution < -0.4 is 10.6 Å². The smallest absolute Gasteiger partial charge is 0.252 e. The van der Waals surface area contributed by atoms with Gasteiger partial charge in [-0.25, -0.2) is 4.98 Å². The van der Waals surface area contributed by atoms with Gasteiger partial charge in [-0.1, -0.05) is 26.7 Å². The number of pyridine rings is 1. The summed E-state index contributed by atoms with van der Waals surface area (Å²) in [7, 11) is 0. The van der Waals surface area contributed by atoms with Crippen LogP contribution in [-0.2, 0) is 0 Å². The van der Waals surface area contributed by atoms with Crippen molar-refractivity contribution in [3.63, 3.8) is 0 Å². The lowest BCUT2D eigenvalue weighted by Gasteiger charge is -2.06. The minimum atomic E-state index is -0.0538. The largest absolute Gasteiger partial charge is 0.370 e. The molecule has 0 atom stereocenters. The number of nitrogens with zero attached hydrogens (tertiary/aromatic N) is 1. The molecule has 0 bridgehead atoms. The summed E-state index contributed by atoms with van der Waals surface area (Å²) in [5, 5.41) is 6.07. The second kappa shape index (κ2) is 8.50. The standard InChI is InChI=1S/C14H23N3O/c1-3-5-6-10-15-13-8-7-12(11-17-13)14(18)16-9-4-2/h7-8,11H,3-6,9-10H2,1-2H3,(H,15,17)(H,16,18). The first-order valence-corrected chi connectivity index (χ1v) is 6.76. The van der Waals surface area contributed by atoms with Gasteiger partial charge in [0, 0.05) is 19.3 Å². The van der Waals surface area contributed by atoms with Crippen molar-refractivity contribution in [3.05, 3.63) is 23.9 Å². The number of hydrogen-bond donors (Lipinski definition) is 2. The van der Waals surface area contributed by atoms with Gasteiger partial charge >= 0.3 is 0 Å². The highest BCUT2D eigenvalue weighted by atomic mass is 16.1. The number of hydrogen-bond acceptors (Lipinski definition) is 3. The molecule has 0 fully saturated rings. The number of unbranched alkanes of at least 4 members (excludes halogenated alkanes) is 2. The number of anilines is 1. The normalized spacial score (nSPS) is 10.1. The minimum absolute atomic E-state index is 0.0538. The molecule has 0 aliphatic carbocycles. The molecule has 0 spiro atoms. The number of nitrogens with one attached hydrogen (secondary N) is 2. The summed E-state index contributed by atoms with van der Waals surface area (Å²) < 4.78 is 0. The monoisotopic (exact) mass is 249 g/mol. The fraction of sp³-hybridized carbons (Fsp3) is 0.571. The minimum Gasteiger partial charge on any atom is -0.370 e. The zero-order valence-electron chi connectivity index (χ0n) is 11.3. The summed E-state index contributed by atoms with van der Waals surface area (Å²) in [6.45, 7) is 5.85. The Morgan fingerprint density at radius 2 is 2.00 bits per heavy atom. The highest BCUT2D eigenvalue weighted by molar-refractivity contribution is 5.93. The SMILES string of the molecule is CCCCCNc1ccc(C(=O)NCCC)cn1. The van der Waals surface area contributed by atoms with Crippen molar-refractivity contribution in [2.75, 3.05) is 18.4 Å². The van der Waals surface area contributed by atoms with E-state index >= 15 is 0 Å². The van der Waals surface area contributed by atoms with Gasteiger partial charge in [0.05, 0.1) is 5.56 Å². The van der Waals surface area contributed by atoms with E-state index in [9.17, 15) is 4.79 Å². The molecule has 0 saturated carbocycles. The van der Waals surface area contributed by atoms with Crippen molar-refractivity contribution in [3.8, 4) is 0 Å². The van der Waals surface area contributed by atoms with Gasteiger partial charge in [0.25, 0.3) is 5.91 Å². The molecule has 0 aliphatic heterocycles. The van der Waals surface area contributed by atoms with Crippen LogP contribution in [0.3, 0.4) is 0 Å². The lowest BCUT2D eigenvalue weighted by Crippen LogP contribution is -2.24. The van der Waals surface area contributed by atoms with Crippen molar-refractivity contribution in [1.82, 2.24) is 10.3 Å². The van der Waals surface area contributed by atoms with Crippen LogP contribution in [0.5, 0.6) is 0 Å². The maximum absolute atomic E-state index is 11.6. The Hall–Kier alpha value is -1.58. The summed E-state index contributed by atoms with van der Waals surface area (Å²) >= 11 is 0. The third kappa shape index (κ3) is 5.17. The van der Waals surface area contributed by atoms with Crippen LogP contribution in [0.2, 0.25) is 0 Å². The van der Waals surface area contributed by atoms with Crippen molar-refractivity contribution in [2.24, 2.45) is 0 Å². The first kappa shape index (κ1) is 14.5. The Labute approximate surface area is 109 Å². The molecular weight excluding hydrogens is 226 g/mol.